The van der Waals surface area contributed by atoms with Crippen LogP contribution in [0.25, 0.3) is 0 Å². The minimum absolute atomic E-state index is 0.0581. The molecule has 1 N–H and O–H groups in total. The molecule has 0 aromatic rings. The number of amides is 1. The van der Waals surface area contributed by atoms with Gasteiger partial charge >= 0.3 is 0 Å². The maximum absolute atomic E-state index is 12.1. The molecule has 1 amide bonds. The second-order valence-electron chi connectivity index (χ2n) is 4.27. The maximum Gasteiger partial charge on any atom is 0.240 e. The summed E-state index contributed by atoms with van der Waals surface area (Å²) in [5, 5.41) is 3.21. The first-order valence-corrected chi connectivity index (χ1v) is 5.66. The SMILES string of the molecule is CCN(C(=O)C1CC(OC)CN1)C(C)C. The van der Waals surface area contributed by atoms with E-state index in [4.69, 9.17) is 4.74 Å². The molecule has 4 nitrogen and oxygen atoms in total. The number of carbonyl (C=O) groups is 1. The molecule has 88 valence electrons. The lowest BCUT2D eigenvalue weighted by molar-refractivity contribution is -0.134. The monoisotopic (exact) mass is 214 g/mol. The molecule has 4 heteroatoms. The lowest BCUT2D eigenvalue weighted by Gasteiger charge is -2.28. The van der Waals surface area contributed by atoms with E-state index in [1.54, 1.807) is 7.11 Å². The van der Waals surface area contributed by atoms with Crippen LogP contribution in [0.2, 0.25) is 0 Å². The first-order valence-electron chi connectivity index (χ1n) is 5.66. The van der Waals surface area contributed by atoms with E-state index in [-0.39, 0.29) is 24.1 Å². The van der Waals surface area contributed by atoms with Crippen LogP contribution in [0, 0.1) is 0 Å². The number of hydrogen-bond donors (Lipinski definition) is 1. The zero-order chi connectivity index (χ0) is 11.4. The standard InChI is InChI=1S/C11H22N2O2/c1-5-13(8(2)3)11(14)10-6-9(15-4)7-12-10/h8-10,12H,5-7H2,1-4H3. The highest BCUT2D eigenvalue weighted by atomic mass is 16.5. The van der Waals surface area contributed by atoms with Gasteiger partial charge in [0.2, 0.25) is 5.91 Å². The van der Waals surface area contributed by atoms with Crippen molar-refractivity contribution in [3.8, 4) is 0 Å². The first-order chi connectivity index (χ1) is 7.10. The molecule has 0 saturated carbocycles. The van der Waals surface area contributed by atoms with Crippen molar-refractivity contribution >= 4 is 5.91 Å². The molecule has 0 radical (unpaired) electrons. The Bertz CT molecular complexity index is 219. The van der Waals surface area contributed by atoms with Gasteiger partial charge in [0.1, 0.15) is 0 Å². The number of carbonyl (C=O) groups excluding carboxylic acids is 1. The fourth-order valence-electron chi connectivity index (χ4n) is 2.05. The molecule has 1 saturated heterocycles. The van der Waals surface area contributed by atoms with Crippen molar-refractivity contribution in [3.05, 3.63) is 0 Å². The summed E-state index contributed by atoms with van der Waals surface area (Å²) in [6.45, 7) is 7.66. The average Bonchev–Trinajstić information content (AvgIpc) is 2.66. The molecular formula is C11H22N2O2. The molecule has 0 aliphatic carbocycles. The Morgan fingerprint density at radius 2 is 2.27 bits per heavy atom. The first kappa shape index (κ1) is 12.5. The summed E-state index contributed by atoms with van der Waals surface area (Å²) in [6.07, 6.45) is 0.975. The summed E-state index contributed by atoms with van der Waals surface area (Å²) in [5.41, 5.74) is 0. The quantitative estimate of drug-likeness (QED) is 0.746. The highest BCUT2D eigenvalue weighted by Crippen LogP contribution is 2.13. The van der Waals surface area contributed by atoms with Gasteiger partial charge in [-0.15, -0.1) is 0 Å². The normalized spacial score (nSPS) is 25.9. The zero-order valence-electron chi connectivity index (χ0n) is 10.1. The van der Waals surface area contributed by atoms with Gasteiger partial charge in [-0.3, -0.25) is 4.79 Å². The van der Waals surface area contributed by atoms with E-state index in [9.17, 15) is 4.79 Å². The third-order valence-corrected chi connectivity index (χ3v) is 2.97. The number of rotatable bonds is 4. The van der Waals surface area contributed by atoms with Crippen molar-refractivity contribution in [1.29, 1.82) is 0 Å². The summed E-state index contributed by atoms with van der Waals surface area (Å²) >= 11 is 0. The summed E-state index contributed by atoms with van der Waals surface area (Å²) in [6, 6.07) is 0.211. The fourth-order valence-corrected chi connectivity index (χ4v) is 2.05. The maximum atomic E-state index is 12.1. The topological polar surface area (TPSA) is 41.6 Å². The molecule has 2 atom stereocenters. The van der Waals surface area contributed by atoms with Gasteiger partial charge in [0.15, 0.2) is 0 Å². The highest BCUT2D eigenvalue weighted by molar-refractivity contribution is 5.82. The van der Waals surface area contributed by atoms with E-state index in [2.05, 4.69) is 5.32 Å². The van der Waals surface area contributed by atoms with Crippen LogP contribution in [0.1, 0.15) is 27.2 Å². The minimum atomic E-state index is -0.0581. The third-order valence-electron chi connectivity index (χ3n) is 2.97. The van der Waals surface area contributed by atoms with Crippen molar-refractivity contribution in [3.63, 3.8) is 0 Å². The van der Waals surface area contributed by atoms with Crippen LogP contribution in [-0.4, -0.2) is 49.2 Å². The molecule has 15 heavy (non-hydrogen) atoms. The van der Waals surface area contributed by atoms with Crippen molar-refractivity contribution in [2.45, 2.75) is 45.4 Å². The molecule has 0 spiro atoms. The smallest absolute Gasteiger partial charge is 0.240 e. The third kappa shape index (κ3) is 2.92. The van der Waals surface area contributed by atoms with Gasteiger partial charge in [0.25, 0.3) is 0 Å². The van der Waals surface area contributed by atoms with Crippen molar-refractivity contribution in [1.82, 2.24) is 10.2 Å². The van der Waals surface area contributed by atoms with Gasteiger partial charge in [0, 0.05) is 26.2 Å². The number of nitrogens with one attached hydrogen (secondary N) is 1. The molecule has 0 bridgehead atoms. The Labute approximate surface area is 92.0 Å². The molecule has 0 aromatic heterocycles. The average molecular weight is 214 g/mol. The summed E-state index contributed by atoms with van der Waals surface area (Å²) < 4.78 is 5.23. The second kappa shape index (κ2) is 5.47. The van der Waals surface area contributed by atoms with Gasteiger partial charge in [-0.05, 0) is 27.2 Å². The number of likely N-dealkylation sites (N-methyl/N-ethyl adjacent to an activating group) is 1. The number of nitrogens with zero attached hydrogens (tertiary/aromatic N) is 1. The zero-order valence-corrected chi connectivity index (χ0v) is 10.1. The van der Waals surface area contributed by atoms with E-state index in [1.807, 2.05) is 25.7 Å². The van der Waals surface area contributed by atoms with Crippen LogP contribution in [0.3, 0.4) is 0 Å². The molecule has 1 fully saturated rings. The Hall–Kier alpha value is -0.610. The Kier molecular flexibility index (Phi) is 4.54. The second-order valence-corrected chi connectivity index (χ2v) is 4.27. The lowest BCUT2D eigenvalue weighted by atomic mass is 10.1. The molecule has 2 unspecified atom stereocenters. The largest absolute Gasteiger partial charge is 0.380 e. The number of hydrogen-bond acceptors (Lipinski definition) is 3. The van der Waals surface area contributed by atoms with Crippen molar-refractivity contribution < 1.29 is 9.53 Å². The van der Waals surface area contributed by atoms with Crippen LogP contribution >= 0.6 is 0 Å². The predicted molar refractivity (Wildman–Crippen MR) is 59.7 cm³/mol. The number of methoxy groups -OCH3 is 1. The van der Waals surface area contributed by atoms with Crippen LogP contribution in [-0.2, 0) is 9.53 Å². The summed E-state index contributed by atoms with van der Waals surface area (Å²) in [4.78, 5) is 14.0. The molecule has 1 aliphatic heterocycles. The fraction of sp³-hybridized carbons (Fsp3) is 0.909. The van der Waals surface area contributed by atoms with Crippen molar-refractivity contribution in [2.24, 2.45) is 0 Å². The van der Waals surface area contributed by atoms with E-state index < -0.39 is 0 Å². The van der Waals surface area contributed by atoms with E-state index in [0.717, 1.165) is 19.5 Å². The van der Waals surface area contributed by atoms with Crippen LogP contribution in [0.4, 0.5) is 0 Å². The highest BCUT2D eigenvalue weighted by Gasteiger charge is 2.32. The van der Waals surface area contributed by atoms with Gasteiger partial charge in [-0.1, -0.05) is 0 Å². The Balaban J connectivity index is 2.53. The number of ether oxygens (including phenoxy) is 1. The van der Waals surface area contributed by atoms with E-state index in [1.165, 1.54) is 0 Å². The summed E-state index contributed by atoms with van der Waals surface area (Å²) in [5.74, 6) is 0.201. The lowest BCUT2D eigenvalue weighted by Crippen LogP contribution is -2.46. The summed E-state index contributed by atoms with van der Waals surface area (Å²) in [7, 11) is 1.69. The van der Waals surface area contributed by atoms with Crippen LogP contribution < -0.4 is 5.32 Å². The molecular weight excluding hydrogens is 192 g/mol. The van der Waals surface area contributed by atoms with Gasteiger partial charge < -0.3 is 15.0 Å². The van der Waals surface area contributed by atoms with Gasteiger partial charge in [-0.25, -0.2) is 0 Å². The van der Waals surface area contributed by atoms with Crippen LogP contribution in [0.15, 0.2) is 0 Å². The molecule has 1 heterocycles. The van der Waals surface area contributed by atoms with Crippen molar-refractivity contribution in [2.75, 3.05) is 20.2 Å². The predicted octanol–water partition coefficient (Wildman–Crippen LogP) is 0.620. The van der Waals surface area contributed by atoms with E-state index >= 15 is 0 Å². The van der Waals surface area contributed by atoms with Crippen LogP contribution in [0.5, 0.6) is 0 Å². The molecule has 1 rings (SSSR count). The van der Waals surface area contributed by atoms with Gasteiger partial charge in [-0.2, -0.15) is 0 Å². The molecule has 0 aromatic carbocycles. The minimum Gasteiger partial charge on any atom is -0.380 e. The Morgan fingerprint density at radius 1 is 1.60 bits per heavy atom. The molecule has 1 aliphatic rings. The van der Waals surface area contributed by atoms with Gasteiger partial charge in [0.05, 0.1) is 12.1 Å². The van der Waals surface area contributed by atoms with E-state index in [0.29, 0.717) is 0 Å². The Morgan fingerprint density at radius 3 is 2.67 bits per heavy atom.